The van der Waals surface area contributed by atoms with E-state index in [1.54, 1.807) is 6.26 Å². The Morgan fingerprint density at radius 3 is 2.76 bits per heavy atom. The number of nitrogens with one attached hydrogen (secondary N) is 1. The fourth-order valence-corrected chi connectivity index (χ4v) is 3.74. The molecule has 2 aliphatic carbocycles. The van der Waals surface area contributed by atoms with Gasteiger partial charge in [-0.05, 0) is 55.6 Å². The molecular formula is C16H18N2O2S. The smallest absolute Gasteiger partial charge is 0.226 e. The number of nitrogens with zero attached hydrogens (tertiary/aromatic N) is 1. The maximum atomic E-state index is 12.2. The predicted molar refractivity (Wildman–Crippen MR) is 82.0 cm³/mol. The Morgan fingerprint density at radius 2 is 2.14 bits per heavy atom. The van der Waals surface area contributed by atoms with Crippen molar-refractivity contribution in [3.8, 4) is 11.5 Å². The molecule has 4 rings (SSSR count). The van der Waals surface area contributed by atoms with Crippen LogP contribution >= 0.6 is 11.3 Å². The first-order valence-corrected chi connectivity index (χ1v) is 8.47. The van der Waals surface area contributed by atoms with E-state index >= 15 is 0 Å². The lowest BCUT2D eigenvalue weighted by atomic mass is 9.94. The highest BCUT2D eigenvalue weighted by atomic mass is 32.1. The third-order valence-electron chi connectivity index (χ3n) is 4.40. The van der Waals surface area contributed by atoms with Crippen molar-refractivity contribution in [2.24, 2.45) is 17.8 Å². The minimum Gasteiger partial charge on any atom is -0.463 e. The molecule has 2 fully saturated rings. The first-order chi connectivity index (χ1) is 10.3. The number of furan rings is 1. The molecule has 110 valence electrons. The zero-order chi connectivity index (χ0) is 14.2. The average molecular weight is 302 g/mol. The third-order valence-corrected chi connectivity index (χ3v) is 5.16. The van der Waals surface area contributed by atoms with Gasteiger partial charge in [-0.15, -0.1) is 11.3 Å². The molecule has 21 heavy (non-hydrogen) atoms. The van der Waals surface area contributed by atoms with Crippen LogP contribution in [0.25, 0.3) is 11.5 Å². The van der Waals surface area contributed by atoms with Crippen LogP contribution in [0.1, 0.15) is 32.1 Å². The van der Waals surface area contributed by atoms with Crippen LogP contribution in [0.3, 0.4) is 0 Å². The van der Waals surface area contributed by atoms with Crippen molar-refractivity contribution >= 4 is 22.4 Å². The van der Waals surface area contributed by atoms with Gasteiger partial charge in [-0.1, -0.05) is 0 Å². The van der Waals surface area contributed by atoms with E-state index in [1.807, 2.05) is 17.5 Å². The monoisotopic (exact) mass is 302 g/mol. The number of carbonyl (C=O) groups excluding carboxylic acids is 1. The fourth-order valence-electron chi connectivity index (χ4n) is 3.02. The minimum atomic E-state index is 0.110. The van der Waals surface area contributed by atoms with Crippen LogP contribution in [0.15, 0.2) is 28.2 Å². The van der Waals surface area contributed by atoms with Gasteiger partial charge in [0, 0.05) is 11.8 Å². The molecule has 0 radical (unpaired) electrons. The van der Waals surface area contributed by atoms with Gasteiger partial charge in [-0.3, -0.25) is 4.79 Å². The topological polar surface area (TPSA) is 55.1 Å². The molecule has 2 saturated carbocycles. The molecular weight excluding hydrogens is 284 g/mol. The molecule has 0 saturated heterocycles. The molecule has 0 unspecified atom stereocenters. The molecule has 2 aromatic heterocycles. The van der Waals surface area contributed by atoms with Gasteiger partial charge in [0.1, 0.15) is 5.69 Å². The number of aromatic nitrogens is 1. The highest BCUT2D eigenvalue weighted by Crippen LogP contribution is 2.50. The van der Waals surface area contributed by atoms with Gasteiger partial charge < -0.3 is 9.73 Å². The van der Waals surface area contributed by atoms with Crippen LogP contribution in [0.2, 0.25) is 0 Å². The Bertz CT molecular complexity index is 615. The molecule has 2 aliphatic rings. The van der Waals surface area contributed by atoms with E-state index in [-0.39, 0.29) is 5.91 Å². The number of anilines is 1. The second kappa shape index (κ2) is 5.30. The Balaban J connectivity index is 1.38. The van der Waals surface area contributed by atoms with Crippen LogP contribution in [0.5, 0.6) is 0 Å². The summed E-state index contributed by atoms with van der Waals surface area (Å²) in [5, 5.41) is 5.52. The molecule has 0 aliphatic heterocycles. The van der Waals surface area contributed by atoms with Crippen molar-refractivity contribution in [3.63, 3.8) is 0 Å². The maximum absolute atomic E-state index is 12.2. The quantitative estimate of drug-likeness (QED) is 0.871. The molecule has 0 atom stereocenters. The number of carbonyl (C=O) groups is 1. The van der Waals surface area contributed by atoms with Gasteiger partial charge in [0.25, 0.3) is 0 Å². The number of hydrogen-bond acceptors (Lipinski definition) is 4. The van der Waals surface area contributed by atoms with E-state index in [9.17, 15) is 4.79 Å². The number of rotatable bonds is 6. The van der Waals surface area contributed by atoms with Crippen LogP contribution in [0, 0.1) is 17.8 Å². The lowest BCUT2D eigenvalue weighted by molar-refractivity contribution is -0.117. The summed E-state index contributed by atoms with van der Waals surface area (Å²) in [5.41, 5.74) is 0.779. The van der Waals surface area contributed by atoms with E-state index in [4.69, 9.17) is 4.42 Å². The summed E-state index contributed by atoms with van der Waals surface area (Å²) in [6.45, 7) is 0. The van der Waals surface area contributed by atoms with Crippen molar-refractivity contribution in [1.29, 1.82) is 0 Å². The first-order valence-electron chi connectivity index (χ1n) is 7.59. The molecule has 5 heteroatoms. The number of thiazole rings is 1. The zero-order valence-corrected chi connectivity index (χ0v) is 12.6. The molecule has 0 aromatic carbocycles. The molecule has 0 spiro atoms. The minimum absolute atomic E-state index is 0.110. The van der Waals surface area contributed by atoms with E-state index in [2.05, 4.69) is 10.3 Å². The molecule has 2 heterocycles. The van der Waals surface area contributed by atoms with Gasteiger partial charge in [-0.2, -0.15) is 0 Å². The van der Waals surface area contributed by atoms with E-state index in [0.717, 1.165) is 23.3 Å². The Hall–Kier alpha value is -1.62. The summed E-state index contributed by atoms with van der Waals surface area (Å²) in [6, 6.07) is 3.71. The second-order valence-corrected chi connectivity index (χ2v) is 6.96. The van der Waals surface area contributed by atoms with E-state index < -0.39 is 0 Å². The van der Waals surface area contributed by atoms with Crippen molar-refractivity contribution in [2.45, 2.75) is 32.1 Å². The van der Waals surface area contributed by atoms with Crippen LogP contribution in [-0.2, 0) is 4.79 Å². The Morgan fingerprint density at radius 1 is 1.38 bits per heavy atom. The predicted octanol–water partition coefficient (Wildman–Crippen LogP) is 4.17. The Kier molecular flexibility index (Phi) is 3.30. The van der Waals surface area contributed by atoms with Gasteiger partial charge >= 0.3 is 0 Å². The second-order valence-electron chi connectivity index (χ2n) is 6.11. The van der Waals surface area contributed by atoms with Crippen molar-refractivity contribution in [2.75, 3.05) is 5.32 Å². The standard InChI is InChI=1S/C16H18N2O2S/c19-15(8-12(10-3-4-10)11-5-6-11)18-16-17-13(9-21-16)14-2-1-7-20-14/h1-2,7,9-12H,3-6,8H2,(H,17,18,19). The summed E-state index contributed by atoms with van der Waals surface area (Å²) >= 11 is 1.45. The molecule has 2 aromatic rings. The average Bonchev–Trinajstić information content (AvgIpc) is 3.39. The molecule has 4 nitrogen and oxygen atoms in total. The van der Waals surface area contributed by atoms with Gasteiger partial charge in [0.15, 0.2) is 10.9 Å². The van der Waals surface area contributed by atoms with Gasteiger partial charge in [0.2, 0.25) is 5.91 Å². The molecule has 1 N–H and O–H groups in total. The van der Waals surface area contributed by atoms with Crippen LogP contribution in [-0.4, -0.2) is 10.9 Å². The van der Waals surface area contributed by atoms with E-state index in [1.165, 1.54) is 37.0 Å². The van der Waals surface area contributed by atoms with Crippen molar-refractivity contribution < 1.29 is 9.21 Å². The highest BCUT2D eigenvalue weighted by molar-refractivity contribution is 7.14. The van der Waals surface area contributed by atoms with Gasteiger partial charge in [0.05, 0.1) is 6.26 Å². The normalized spacial score (nSPS) is 18.1. The number of hydrogen-bond donors (Lipinski definition) is 1. The fraction of sp³-hybridized carbons (Fsp3) is 0.500. The number of amides is 1. The van der Waals surface area contributed by atoms with Gasteiger partial charge in [-0.25, -0.2) is 4.98 Å². The molecule has 0 bridgehead atoms. The van der Waals surface area contributed by atoms with Crippen LogP contribution < -0.4 is 5.32 Å². The maximum Gasteiger partial charge on any atom is 0.226 e. The first kappa shape index (κ1) is 13.1. The third kappa shape index (κ3) is 3.02. The van der Waals surface area contributed by atoms with Crippen molar-refractivity contribution in [1.82, 2.24) is 4.98 Å². The summed E-state index contributed by atoms with van der Waals surface area (Å²) in [5.74, 6) is 3.06. The summed E-state index contributed by atoms with van der Waals surface area (Å²) in [6.07, 6.45) is 7.54. The lowest BCUT2D eigenvalue weighted by Gasteiger charge is -2.14. The largest absolute Gasteiger partial charge is 0.463 e. The summed E-state index contributed by atoms with van der Waals surface area (Å²) in [4.78, 5) is 16.6. The van der Waals surface area contributed by atoms with E-state index in [0.29, 0.717) is 17.5 Å². The summed E-state index contributed by atoms with van der Waals surface area (Å²) < 4.78 is 5.31. The SMILES string of the molecule is O=C(CC(C1CC1)C1CC1)Nc1nc(-c2ccco2)cs1. The zero-order valence-electron chi connectivity index (χ0n) is 11.7. The van der Waals surface area contributed by atoms with Crippen LogP contribution in [0.4, 0.5) is 5.13 Å². The summed E-state index contributed by atoms with van der Waals surface area (Å²) in [7, 11) is 0. The Labute approximate surface area is 127 Å². The lowest BCUT2D eigenvalue weighted by Crippen LogP contribution is -2.19. The van der Waals surface area contributed by atoms with Crippen molar-refractivity contribution in [3.05, 3.63) is 23.8 Å². The highest BCUT2D eigenvalue weighted by Gasteiger charge is 2.42. The molecule has 1 amide bonds.